The summed E-state index contributed by atoms with van der Waals surface area (Å²) in [5.41, 5.74) is 3.98. The summed E-state index contributed by atoms with van der Waals surface area (Å²) in [5, 5.41) is 6.31. The molecule has 0 atom stereocenters. The van der Waals surface area contributed by atoms with Gasteiger partial charge in [-0.15, -0.1) is 0 Å². The van der Waals surface area contributed by atoms with Gasteiger partial charge in [-0.2, -0.15) is 0 Å². The van der Waals surface area contributed by atoms with Crippen LogP contribution in [0, 0.1) is 0 Å². The Kier molecular flexibility index (Phi) is 5.23. The first-order chi connectivity index (χ1) is 11.8. The number of anilines is 1. The molecule has 1 amide bonds. The zero-order valence-electron chi connectivity index (χ0n) is 13.8. The van der Waals surface area contributed by atoms with Crippen LogP contribution in [0.15, 0.2) is 54.9 Å². The molecular weight excluding hydrogens is 300 g/mol. The van der Waals surface area contributed by atoms with Gasteiger partial charge in [0, 0.05) is 25.2 Å². The van der Waals surface area contributed by atoms with Crippen molar-refractivity contribution in [2.45, 2.75) is 26.4 Å². The summed E-state index contributed by atoms with van der Waals surface area (Å²) in [5.74, 6) is 0.0109. The number of rotatable bonds is 7. The minimum Gasteiger partial charge on any atom is -0.330 e. The highest BCUT2D eigenvalue weighted by Gasteiger charge is 2.08. The fourth-order valence-electron chi connectivity index (χ4n) is 2.68. The molecular formula is C19H22N4O. The predicted molar refractivity (Wildman–Crippen MR) is 96.8 cm³/mol. The van der Waals surface area contributed by atoms with Crippen LogP contribution >= 0.6 is 0 Å². The Bertz CT molecular complexity index is 825. The van der Waals surface area contributed by atoms with Crippen molar-refractivity contribution < 1.29 is 4.79 Å². The van der Waals surface area contributed by atoms with Gasteiger partial charge in [-0.25, -0.2) is 4.98 Å². The lowest BCUT2D eigenvalue weighted by Crippen LogP contribution is -2.18. The smallest absolute Gasteiger partial charge is 0.226 e. The van der Waals surface area contributed by atoms with Crippen molar-refractivity contribution in [2.75, 3.05) is 11.9 Å². The van der Waals surface area contributed by atoms with Crippen LogP contribution in [0.25, 0.3) is 11.0 Å². The topological polar surface area (TPSA) is 58.9 Å². The van der Waals surface area contributed by atoms with Crippen LogP contribution in [0.4, 0.5) is 5.69 Å². The molecule has 3 rings (SSSR count). The Balaban J connectivity index is 1.62. The summed E-state index contributed by atoms with van der Waals surface area (Å²) >= 11 is 0. The molecule has 5 heteroatoms. The third kappa shape index (κ3) is 3.81. The van der Waals surface area contributed by atoms with E-state index in [2.05, 4.69) is 22.5 Å². The highest BCUT2D eigenvalue weighted by atomic mass is 16.1. The number of benzene rings is 2. The molecule has 124 valence electrons. The van der Waals surface area contributed by atoms with Crippen molar-refractivity contribution in [2.24, 2.45) is 0 Å². The fourth-order valence-corrected chi connectivity index (χ4v) is 2.68. The quantitative estimate of drug-likeness (QED) is 0.702. The van der Waals surface area contributed by atoms with Crippen LogP contribution in [-0.4, -0.2) is 22.0 Å². The van der Waals surface area contributed by atoms with Crippen molar-refractivity contribution in [1.29, 1.82) is 0 Å². The maximum Gasteiger partial charge on any atom is 0.226 e. The van der Waals surface area contributed by atoms with Gasteiger partial charge >= 0.3 is 0 Å². The molecule has 0 unspecified atom stereocenters. The maximum absolute atomic E-state index is 12.3. The Labute approximate surface area is 141 Å². The summed E-state index contributed by atoms with van der Waals surface area (Å²) in [4.78, 5) is 16.7. The number of aromatic nitrogens is 2. The van der Waals surface area contributed by atoms with E-state index in [4.69, 9.17) is 0 Å². The first-order valence-electron chi connectivity index (χ1n) is 8.26. The molecule has 24 heavy (non-hydrogen) atoms. The van der Waals surface area contributed by atoms with Crippen LogP contribution in [0.1, 0.15) is 18.9 Å². The number of para-hydroxylation sites is 3. The lowest BCUT2D eigenvalue weighted by Gasteiger charge is -2.11. The number of fused-ring (bicyclic) bond motifs is 1. The average molecular weight is 322 g/mol. The number of hydrogen-bond acceptors (Lipinski definition) is 3. The van der Waals surface area contributed by atoms with Gasteiger partial charge in [0.25, 0.3) is 0 Å². The summed E-state index contributed by atoms with van der Waals surface area (Å²) in [7, 11) is 0. The van der Waals surface area contributed by atoms with E-state index in [1.165, 1.54) is 0 Å². The van der Waals surface area contributed by atoms with Crippen molar-refractivity contribution in [1.82, 2.24) is 14.9 Å². The molecule has 0 fully saturated rings. The largest absolute Gasteiger partial charge is 0.330 e. The molecule has 1 aromatic heterocycles. The fraction of sp³-hybridized carbons (Fsp3) is 0.263. The minimum atomic E-state index is 0.0109. The van der Waals surface area contributed by atoms with Gasteiger partial charge in [0.1, 0.15) is 0 Å². The molecule has 1 heterocycles. The summed E-state index contributed by atoms with van der Waals surface area (Å²) in [6.07, 6.45) is 2.20. The monoisotopic (exact) mass is 322 g/mol. The van der Waals surface area contributed by atoms with Gasteiger partial charge in [0.15, 0.2) is 0 Å². The molecule has 5 nitrogen and oxygen atoms in total. The van der Waals surface area contributed by atoms with E-state index < -0.39 is 0 Å². The summed E-state index contributed by atoms with van der Waals surface area (Å²) < 4.78 is 2.01. The molecule has 2 N–H and O–H groups in total. The van der Waals surface area contributed by atoms with Gasteiger partial charge in [0.2, 0.25) is 5.91 Å². The number of amides is 1. The molecule has 0 aliphatic carbocycles. The zero-order valence-corrected chi connectivity index (χ0v) is 13.8. The lowest BCUT2D eigenvalue weighted by atomic mass is 10.1. The third-order valence-electron chi connectivity index (χ3n) is 3.96. The SMILES string of the molecule is CCNCc1ccccc1NC(=O)CCn1cnc2ccccc21. The summed E-state index contributed by atoms with van der Waals surface area (Å²) in [6, 6.07) is 15.8. The second-order valence-corrected chi connectivity index (χ2v) is 5.66. The van der Waals surface area contributed by atoms with Crippen molar-refractivity contribution >= 4 is 22.6 Å². The van der Waals surface area contributed by atoms with E-state index in [-0.39, 0.29) is 5.91 Å². The normalized spacial score (nSPS) is 10.9. The third-order valence-corrected chi connectivity index (χ3v) is 3.96. The van der Waals surface area contributed by atoms with E-state index in [9.17, 15) is 4.79 Å². The number of carbonyl (C=O) groups is 1. The number of carbonyl (C=O) groups excluding carboxylic acids is 1. The van der Waals surface area contributed by atoms with Gasteiger partial charge in [0.05, 0.1) is 17.4 Å². The second kappa shape index (κ2) is 7.75. The molecule has 0 radical (unpaired) electrons. The van der Waals surface area contributed by atoms with E-state index >= 15 is 0 Å². The molecule has 0 aliphatic rings. The Morgan fingerprint density at radius 3 is 2.79 bits per heavy atom. The van der Waals surface area contributed by atoms with Gasteiger partial charge < -0.3 is 15.2 Å². The van der Waals surface area contributed by atoms with Crippen LogP contribution < -0.4 is 10.6 Å². The van der Waals surface area contributed by atoms with Crippen LogP contribution in [0.2, 0.25) is 0 Å². The number of nitrogens with zero attached hydrogens (tertiary/aromatic N) is 2. The summed E-state index contributed by atoms with van der Waals surface area (Å²) in [6.45, 7) is 4.33. The van der Waals surface area contributed by atoms with E-state index in [0.29, 0.717) is 13.0 Å². The second-order valence-electron chi connectivity index (χ2n) is 5.66. The number of nitrogens with one attached hydrogen (secondary N) is 2. The van der Waals surface area contributed by atoms with Crippen molar-refractivity contribution in [3.8, 4) is 0 Å². The van der Waals surface area contributed by atoms with Gasteiger partial charge in [-0.05, 0) is 30.3 Å². The predicted octanol–water partition coefficient (Wildman–Crippen LogP) is 3.17. The van der Waals surface area contributed by atoms with Crippen LogP contribution in [-0.2, 0) is 17.9 Å². The molecule has 0 saturated carbocycles. The highest BCUT2D eigenvalue weighted by molar-refractivity contribution is 5.91. The maximum atomic E-state index is 12.3. The average Bonchev–Trinajstić information content (AvgIpc) is 3.02. The van der Waals surface area contributed by atoms with E-state index in [0.717, 1.165) is 35.4 Å². The Hall–Kier alpha value is -2.66. The van der Waals surface area contributed by atoms with Gasteiger partial charge in [-0.1, -0.05) is 37.3 Å². The Morgan fingerprint density at radius 2 is 1.92 bits per heavy atom. The molecule has 0 spiro atoms. The lowest BCUT2D eigenvalue weighted by molar-refractivity contribution is -0.116. The molecule has 0 saturated heterocycles. The van der Waals surface area contributed by atoms with Crippen molar-refractivity contribution in [3.05, 3.63) is 60.4 Å². The minimum absolute atomic E-state index is 0.0109. The highest BCUT2D eigenvalue weighted by Crippen LogP contribution is 2.16. The standard InChI is InChI=1S/C19H22N4O/c1-2-20-13-15-7-3-4-8-16(15)22-19(24)11-12-23-14-21-17-9-5-6-10-18(17)23/h3-10,14,20H,2,11-13H2,1H3,(H,22,24). The first-order valence-corrected chi connectivity index (χ1v) is 8.26. The zero-order chi connectivity index (χ0) is 16.8. The molecule has 0 bridgehead atoms. The first kappa shape index (κ1) is 16.2. The number of hydrogen-bond donors (Lipinski definition) is 2. The molecule has 2 aromatic carbocycles. The molecule has 0 aliphatic heterocycles. The number of imidazole rings is 1. The van der Waals surface area contributed by atoms with E-state index in [1.807, 2.05) is 53.1 Å². The van der Waals surface area contributed by atoms with Crippen LogP contribution in [0.5, 0.6) is 0 Å². The van der Waals surface area contributed by atoms with Crippen molar-refractivity contribution in [3.63, 3.8) is 0 Å². The van der Waals surface area contributed by atoms with Gasteiger partial charge in [-0.3, -0.25) is 4.79 Å². The Morgan fingerprint density at radius 1 is 1.12 bits per heavy atom. The van der Waals surface area contributed by atoms with Crippen LogP contribution in [0.3, 0.4) is 0 Å². The molecule has 3 aromatic rings. The number of aryl methyl sites for hydroxylation is 1. The van der Waals surface area contributed by atoms with E-state index in [1.54, 1.807) is 6.33 Å².